The van der Waals surface area contributed by atoms with Crippen LogP contribution in [0.3, 0.4) is 0 Å². The Kier molecular flexibility index (Phi) is 6.22. The van der Waals surface area contributed by atoms with E-state index in [2.05, 4.69) is 12.2 Å². The predicted molar refractivity (Wildman–Crippen MR) is 124 cm³/mol. The molecule has 6 nitrogen and oxygen atoms in total. The zero-order valence-corrected chi connectivity index (χ0v) is 17.9. The highest BCUT2D eigenvalue weighted by molar-refractivity contribution is 5.92. The second-order valence-electron chi connectivity index (χ2n) is 7.39. The van der Waals surface area contributed by atoms with Gasteiger partial charge in [-0.05, 0) is 60.9 Å². The molecule has 0 saturated heterocycles. The molecule has 0 spiro atoms. The summed E-state index contributed by atoms with van der Waals surface area (Å²) in [6.45, 7) is 3.85. The predicted octanol–water partition coefficient (Wildman–Crippen LogP) is 5.47. The molecule has 0 aliphatic rings. The number of fused-ring (bicyclic) bond motifs is 1. The number of anilines is 1. The molecule has 0 atom stereocenters. The largest absolute Gasteiger partial charge is 0.484 e. The Hall–Kier alpha value is -4.06. The van der Waals surface area contributed by atoms with Gasteiger partial charge >= 0.3 is 0 Å². The van der Waals surface area contributed by atoms with Gasteiger partial charge in [-0.25, -0.2) is 0 Å². The lowest BCUT2D eigenvalue weighted by atomic mass is 10.1. The quantitative estimate of drug-likeness (QED) is 0.421. The molecule has 6 heteroatoms. The van der Waals surface area contributed by atoms with Crippen LogP contribution >= 0.6 is 0 Å². The van der Waals surface area contributed by atoms with E-state index in [1.165, 1.54) is 11.8 Å². The maximum atomic E-state index is 12.8. The van der Waals surface area contributed by atoms with Gasteiger partial charge in [0, 0.05) is 11.8 Å². The molecule has 32 heavy (non-hydrogen) atoms. The minimum absolute atomic E-state index is 0.102. The Morgan fingerprint density at radius 2 is 1.81 bits per heavy atom. The van der Waals surface area contributed by atoms with Crippen molar-refractivity contribution in [3.05, 3.63) is 94.3 Å². The van der Waals surface area contributed by atoms with Crippen LogP contribution in [0.5, 0.6) is 17.2 Å². The second-order valence-corrected chi connectivity index (χ2v) is 7.39. The summed E-state index contributed by atoms with van der Waals surface area (Å²) in [6.07, 6.45) is 2.22. The summed E-state index contributed by atoms with van der Waals surface area (Å²) in [6, 6.07) is 19.9. The minimum Gasteiger partial charge on any atom is -0.484 e. The lowest BCUT2D eigenvalue weighted by Gasteiger charge is -2.09. The van der Waals surface area contributed by atoms with Gasteiger partial charge in [0.25, 0.3) is 5.91 Å². The van der Waals surface area contributed by atoms with Crippen molar-refractivity contribution in [1.29, 1.82) is 0 Å². The first kappa shape index (κ1) is 21.2. The van der Waals surface area contributed by atoms with E-state index in [9.17, 15) is 9.59 Å². The average molecular weight is 429 g/mol. The lowest BCUT2D eigenvalue weighted by Crippen LogP contribution is -2.20. The molecule has 162 valence electrons. The van der Waals surface area contributed by atoms with E-state index in [1.54, 1.807) is 24.3 Å². The molecule has 0 aliphatic carbocycles. The summed E-state index contributed by atoms with van der Waals surface area (Å²) in [5.41, 5.74) is 2.99. The molecule has 0 radical (unpaired) electrons. The van der Waals surface area contributed by atoms with Gasteiger partial charge in [0.2, 0.25) is 11.2 Å². The lowest BCUT2D eigenvalue weighted by molar-refractivity contribution is -0.118. The zero-order valence-electron chi connectivity index (χ0n) is 17.9. The van der Waals surface area contributed by atoms with Crippen molar-refractivity contribution in [3.63, 3.8) is 0 Å². The summed E-state index contributed by atoms with van der Waals surface area (Å²) >= 11 is 0. The molecule has 1 aromatic heterocycles. The maximum Gasteiger partial charge on any atom is 0.262 e. The van der Waals surface area contributed by atoms with E-state index in [-0.39, 0.29) is 23.7 Å². The molecule has 0 unspecified atom stereocenters. The molecule has 0 fully saturated rings. The van der Waals surface area contributed by atoms with E-state index in [4.69, 9.17) is 13.9 Å². The Morgan fingerprint density at radius 1 is 1.00 bits per heavy atom. The monoisotopic (exact) mass is 429 g/mol. The smallest absolute Gasteiger partial charge is 0.262 e. The number of ether oxygens (including phenoxy) is 2. The molecule has 4 rings (SSSR count). The molecular weight excluding hydrogens is 406 g/mol. The number of rotatable bonds is 7. The van der Waals surface area contributed by atoms with E-state index in [0.717, 1.165) is 12.0 Å². The van der Waals surface area contributed by atoms with Gasteiger partial charge in [-0.2, -0.15) is 0 Å². The topological polar surface area (TPSA) is 77.8 Å². The Balaban J connectivity index is 1.43. The molecular formula is C26H23NO5. The second kappa shape index (κ2) is 9.39. The minimum atomic E-state index is -0.285. The van der Waals surface area contributed by atoms with Crippen LogP contribution in [-0.2, 0) is 11.2 Å². The van der Waals surface area contributed by atoms with Crippen LogP contribution in [0.25, 0.3) is 11.0 Å². The summed E-state index contributed by atoms with van der Waals surface area (Å²) in [5, 5.41) is 3.15. The number of amides is 1. The molecule has 1 N–H and O–H groups in total. The van der Waals surface area contributed by atoms with Crippen molar-refractivity contribution < 1.29 is 18.7 Å². The first-order chi connectivity index (χ1) is 15.5. The van der Waals surface area contributed by atoms with Crippen molar-refractivity contribution in [2.45, 2.75) is 20.3 Å². The highest BCUT2D eigenvalue weighted by atomic mass is 16.5. The SMILES string of the molecule is CCc1ccc(NC(=O)COc2ccc3c(=O)c(Oc4cccc(C)c4)coc3c2)cc1. The van der Waals surface area contributed by atoms with Gasteiger partial charge in [0.1, 0.15) is 23.3 Å². The fourth-order valence-electron chi connectivity index (χ4n) is 3.23. The highest BCUT2D eigenvalue weighted by Gasteiger charge is 2.11. The summed E-state index contributed by atoms with van der Waals surface area (Å²) in [5.74, 6) is 0.805. The molecule has 1 amide bonds. The van der Waals surface area contributed by atoms with Gasteiger partial charge in [0.05, 0.1) is 5.39 Å². The van der Waals surface area contributed by atoms with Crippen LogP contribution in [0.2, 0.25) is 0 Å². The first-order valence-corrected chi connectivity index (χ1v) is 10.3. The van der Waals surface area contributed by atoms with Gasteiger partial charge in [-0.15, -0.1) is 0 Å². The van der Waals surface area contributed by atoms with Crippen molar-refractivity contribution in [1.82, 2.24) is 0 Å². The van der Waals surface area contributed by atoms with Gasteiger partial charge in [-0.1, -0.05) is 31.2 Å². The van der Waals surface area contributed by atoms with Gasteiger partial charge in [-0.3, -0.25) is 9.59 Å². The molecule has 0 saturated carbocycles. The molecule has 0 aliphatic heterocycles. The zero-order chi connectivity index (χ0) is 22.5. The Bertz CT molecular complexity index is 1310. The Morgan fingerprint density at radius 3 is 2.56 bits per heavy atom. The van der Waals surface area contributed by atoms with Crippen LogP contribution < -0.4 is 20.2 Å². The standard InChI is InChI=1S/C26H23NO5/c1-3-18-7-9-19(10-8-18)27-25(28)16-30-20-11-12-22-23(14-20)31-15-24(26(22)29)32-21-6-4-5-17(2)13-21/h4-15H,3,16H2,1-2H3,(H,27,28). The third-order valence-electron chi connectivity index (χ3n) is 4.95. The van der Waals surface area contributed by atoms with Crippen LogP contribution in [0.4, 0.5) is 5.69 Å². The maximum absolute atomic E-state index is 12.8. The number of benzene rings is 3. The van der Waals surface area contributed by atoms with Crippen LogP contribution in [-0.4, -0.2) is 12.5 Å². The third kappa shape index (κ3) is 4.98. The molecule has 1 heterocycles. The van der Waals surface area contributed by atoms with Gasteiger partial charge in [0.15, 0.2) is 6.61 Å². The first-order valence-electron chi connectivity index (χ1n) is 10.3. The Labute approximate surface area is 185 Å². The summed E-state index contributed by atoms with van der Waals surface area (Å²) in [7, 11) is 0. The molecule has 3 aromatic carbocycles. The van der Waals surface area contributed by atoms with Crippen molar-refractivity contribution in [3.8, 4) is 17.2 Å². The van der Waals surface area contributed by atoms with E-state index in [1.807, 2.05) is 49.4 Å². The van der Waals surface area contributed by atoms with Crippen LogP contribution in [0.15, 0.2) is 82.2 Å². The van der Waals surface area contributed by atoms with Crippen molar-refractivity contribution in [2.24, 2.45) is 0 Å². The number of aryl methyl sites for hydroxylation is 2. The number of hydrogen-bond donors (Lipinski definition) is 1. The number of nitrogens with one attached hydrogen (secondary N) is 1. The normalized spacial score (nSPS) is 10.7. The summed E-state index contributed by atoms with van der Waals surface area (Å²) in [4.78, 5) is 24.9. The average Bonchev–Trinajstić information content (AvgIpc) is 2.80. The number of hydrogen-bond acceptors (Lipinski definition) is 5. The molecule has 4 aromatic rings. The van der Waals surface area contributed by atoms with Crippen molar-refractivity contribution in [2.75, 3.05) is 11.9 Å². The van der Waals surface area contributed by atoms with E-state index < -0.39 is 0 Å². The fraction of sp³-hybridized carbons (Fsp3) is 0.154. The van der Waals surface area contributed by atoms with Crippen LogP contribution in [0.1, 0.15) is 18.1 Å². The van der Waals surface area contributed by atoms with E-state index >= 15 is 0 Å². The highest BCUT2D eigenvalue weighted by Crippen LogP contribution is 2.24. The van der Waals surface area contributed by atoms with Crippen LogP contribution in [0, 0.1) is 6.92 Å². The van der Waals surface area contributed by atoms with Crippen molar-refractivity contribution >= 4 is 22.6 Å². The third-order valence-corrected chi connectivity index (χ3v) is 4.95. The summed E-state index contributed by atoms with van der Waals surface area (Å²) < 4.78 is 16.8. The number of carbonyl (C=O) groups excluding carboxylic acids is 1. The fourth-order valence-corrected chi connectivity index (χ4v) is 3.23. The molecule has 0 bridgehead atoms. The van der Waals surface area contributed by atoms with E-state index in [0.29, 0.717) is 28.2 Å². The van der Waals surface area contributed by atoms with Gasteiger partial charge < -0.3 is 19.2 Å². The number of carbonyl (C=O) groups is 1.